The molecular weight excluding hydrogens is 256 g/mol. The third-order valence-corrected chi connectivity index (χ3v) is 2.79. The van der Waals surface area contributed by atoms with Crippen LogP contribution in [-0.4, -0.2) is 24.0 Å². The molecule has 0 aliphatic carbocycles. The lowest BCUT2D eigenvalue weighted by atomic mass is 10.0. The SMILES string of the molecule is C=C(C)CC(C)C(=O)NCc1ccnc(C(=O)OC)c1. The summed E-state index contributed by atoms with van der Waals surface area (Å²) in [6.45, 7) is 7.91. The Bertz CT molecular complexity index is 512. The molecule has 5 heteroatoms. The van der Waals surface area contributed by atoms with Crippen molar-refractivity contribution < 1.29 is 14.3 Å². The van der Waals surface area contributed by atoms with Crippen LogP contribution in [0.3, 0.4) is 0 Å². The van der Waals surface area contributed by atoms with Gasteiger partial charge in [0.05, 0.1) is 7.11 Å². The van der Waals surface area contributed by atoms with E-state index >= 15 is 0 Å². The highest BCUT2D eigenvalue weighted by molar-refractivity contribution is 5.87. The molecule has 0 aliphatic heterocycles. The normalized spacial score (nSPS) is 11.6. The molecule has 0 saturated carbocycles. The highest BCUT2D eigenvalue weighted by atomic mass is 16.5. The van der Waals surface area contributed by atoms with Gasteiger partial charge in [0, 0.05) is 18.7 Å². The minimum atomic E-state index is -0.492. The molecule has 0 fully saturated rings. The van der Waals surface area contributed by atoms with Crippen LogP contribution in [0.5, 0.6) is 0 Å². The zero-order valence-electron chi connectivity index (χ0n) is 12.1. The van der Waals surface area contributed by atoms with Gasteiger partial charge in [-0.15, -0.1) is 6.58 Å². The molecule has 0 aliphatic rings. The van der Waals surface area contributed by atoms with Crippen LogP contribution in [0.25, 0.3) is 0 Å². The lowest BCUT2D eigenvalue weighted by Gasteiger charge is -2.12. The number of methoxy groups -OCH3 is 1. The Hall–Kier alpha value is -2.17. The summed E-state index contributed by atoms with van der Waals surface area (Å²) in [4.78, 5) is 27.1. The zero-order valence-corrected chi connectivity index (χ0v) is 12.1. The maximum atomic E-state index is 11.9. The smallest absolute Gasteiger partial charge is 0.356 e. The van der Waals surface area contributed by atoms with Crippen molar-refractivity contribution in [3.63, 3.8) is 0 Å². The molecule has 0 radical (unpaired) electrons. The number of nitrogens with one attached hydrogen (secondary N) is 1. The van der Waals surface area contributed by atoms with Crippen molar-refractivity contribution in [2.75, 3.05) is 7.11 Å². The fourth-order valence-electron chi connectivity index (χ4n) is 1.78. The van der Waals surface area contributed by atoms with Crippen molar-refractivity contribution in [3.05, 3.63) is 41.7 Å². The zero-order chi connectivity index (χ0) is 15.1. The van der Waals surface area contributed by atoms with Gasteiger partial charge in [-0.25, -0.2) is 9.78 Å². The van der Waals surface area contributed by atoms with E-state index in [1.807, 2.05) is 13.8 Å². The second kappa shape index (κ2) is 7.43. The lowest BCUT2D eigenvalue weighted by Crippen LogP contribution is -2.28. The first-order valence-electron chi connectivity index (χ1n) is 6.39. The van der Waals surface area contributed by atoms with Gasteiger partial charge in [-0.05, 0) is 31.0 Å². The summed E-state index contributed by atoms with van der Waals surface area (Å²) in [6, 6.07) is 3.35. The molecule has 1 amide bonds. The number of hydrogen-bond acceptors (Lipinski definition) is 4. The van der Waals surface area contributed by atoms with Crippen LogP contribution < -0.4 is 5.32 Å². The highest BCUT2D eigenvalue weighted by Gasteiger charge is 2.13. The van der Waals surface area contributed by atoms with Crippen LogP contribution in [-0.2, 0) is 16.1 Å². The lowest BCUT2D eigenvalue weighted by molar-refractivity contribution is -0.124. The summed E-state index contributed by atoms with van der Waals surface area (Å²) >= 11 is 0. The van der Waals surface area contributed by atoms with Crippen LogP contribution in [0, 0.1) is 5.92 Å². The maximum Gasteiger partial charge on any atom is 0.356 e. The van der Waals surface area contributed by atoms with Crippen molar-refractivity contribution in [3.8, 4) is 0 Å². The fraction of sp³-hybridized carbons (Fsp3) is 0.400. The molecule has 0 spiro atoms. The van der Waals surface area contributed by atoms with E-state index in [-0.39, 0.29) is 17.5 Å². The first kappa shape index (κ1) is 15.9. The number of allylic oxidation sites excluding steroid dienone is 1. The number of ether oxygens (including phenoxy) is 1. The number of rotatable bonds is 6. The quantitative estimate of drug-likeness (QED) is 0.638. The molecule has 1 aromatic heterocycles. The largest absolute Gasteiger partial charge is 0.464 e. The summed E-state index contributed by atoms with van der Waals surface area (Å²) < 4.78 is 4.60. The monoisotopic (exact) mass is 276 g/mol. The predicted octanol–water partition coefficient (Wildman–Crippen LogP) is 2.09. The van der Waals surface area contributed by atoms with E-state index in [1.165, 1.54) is 13.3 Å². The third-order valence-electron chi connectivity index (χ3n) is 2.79. The Morgan fingerprint density at radius 3 is 2.80 bits per heavy atom. The van der Waals surface area contributed by atoms with Crippen molar-refractivity contribution >= 4 is 11.9 Å². The number of hydrogen-bond donors (Lipinski definition) is 1. The molecule has 0 bridgehead atoms. The maximum absolute atomic E-state index is 11.9. The number of carbonyl (C=O) groups is 2. The van der Waals surface area contributed by atoms with Gasteiger partial charge in [0.15, 0.2) is 0 Å². The average molecular weight is 276 g/mol. The Labute approximate surface area is 119 Å². The van der Waals surface area contributed by atoms with Gasteiger partial charge in [0.25, 0.3) is 0 Å². The van der Waals surface area contributed by atoms with Crippen LogP contribution >= 0.6 is 0 Å². The molecule has 1 heterocycles. The fourth-order valence-corrected chi connectivity index (χ4v) is 1.78. The van der Waals surface area contributed by atoms with Crippen LogP contribution in [0.15, 0.2) is 30.5 Å². The van der Waals surface area contributed by atoms with Crippen molar-refractivity contribution in [2.24, 2.45) is 5.92 Å². The van der Waals surface area contributed by atoms with E-state index in [4.69, 9.17) is 0 Å². The van der Waals surface area contributed by atoms with Crippen LogP contribution in [0.2, 0.25) is 0 Å². The van der Waals surface area contributed by atoms with Crippen molar-refractivity contribution in [2.45, 2.75) is 26.8 Å². The molecule has 0 aromatic carbocycles. The predicted molar refractivity (Wildman–Crippen MR) is 76.0 cm³/mol. The van der Waals surface area contributed by atoms with Gasteiger partial charge in [0.1, 0.15) is 5.69 Å². The number of carbonyl (C=O) groups excluding carboxylic acids is 2. The molecule has 0 saturated heterocycles. The molecule has 108 valence electrons. The molecule has 1 unspecified atom stereocenters. The Morgan fingerprint density at radius 1 is 1.50 bits per heavy atom. The average Bonchev–Trinajstić information content (AvgIpc) is 2.43. The number of amides is 1. The number of nitrogens with zero attached hydrogens (tertiary/aromatic N) is 1. The van der Waals surface area contributed by atoms with E-state index in [9.17, 15) is 9.59 Å². The topological polar surface area (TPSA) is 68.3 Å². The summed E-state index contributed by atoms with van der Waals surface area (Å²) in [6.07, 6.45) is 2.18. The molecule has 20 heavy (non-hydrogen) atoms. The summed E-state index contributed by atoms with van der Waals surface area (Å²) in [5, 5.41) is 2.83. The van der Waals surface area contributed by atoms with Gasteiger partial charge in [-0.1, -0.05) is 12.5 Å². The van der Waals surface area contributed by atoms with E-state index in [2.05, 4.69) is 21.6 Å². The van der Waals surface area contributed by atoms with Gasteiger partial charge in [0.2, 0.25) is 5.91 Å². The standard InChI is InChI=1S/C15H20N2O3/c1-10(2)7-11(3)14(18)17-9-12-5-6-16-13(8-12)15(19)20-4/h5-6,8,11H,1,7,9H2,2-4H3,(H,17,18). The number of aromatic nitrogens is 1. The van der Waals surface area contributed by atoms with Crippen molar-refractivity contribution in [1.82, 2.24) is 10.3 Å². The molecule has 1 atom stereocenters. The Balaban J connectivity index is 2.59. The first-order chi connectivity index (χ1) is 9.43. The van der Waals surface area contributed by atoms with Gasteiger partial charge in [-0.2, -0.15) is 0 Å². The second-order valence-corrected chi connectivity index (χ2v) is 4.82. The minimum Gasteiger partial charge on any atom is -0.464 e. The third kappa shape index (κ3) is 4.84. The van der Waals surface area contributed by atoms with Gasteiger partial charge >= 0.3 is 5.97 Å². The van der Waals surface area contributed by atoms with Gasteiger partial charge in [-0.3, -0.25) is 4.79 Å². The molecule has 5 nitrogen and oxygen atoms in total. The first-order valence-corrected chi connectivity index (χ1v) is 6.39. The molecule has 1 rings (SSSR count). The molecular formula is C15H20N2O3. The van der Waals surface area contributed by atoms with E-state index in [1.54, 1.807) is 12.1 Å². The summed E-state index contributed by atoms with van der Waals surface area (Å²) in [7, 11) is 1.30. The minimum absolute atomic E-state index is 0.0376. The Morgan fingerprint density at radius 2 is 2.20 bits per heavy atom. The summed E-state index contributed by atoms with van der Waals surface area (Å²) in [5.41, 5.74) is 2.01. The van der Waals surface area contributed by atoms with Crippen LogP contribution in [0.1, 0.15) is 36.3 Å². The summed E-state index contributed by atoms with van der Waals surface area (Å²) in [5.74, 6) is -0.646. The second-order valence-electron chi connectivity index (χ2n) is 4.82. The molecule has 1 aromatic rings. The van der Waals surface area contributed by atoms with E-state index < -0.39 is 5.97 Å². The number of esters is 1. The molecule has 1 N–H and O–H groups in total. The van der Waals surface area contributed by atoms with E-state index in [0.29, 0.717) is 13.0 Å². The van der Waals surface area contributed by atoms with Crippen LogP contribution in [0.4, 0.5) is 0 Å². The highest BCUT2D eigenvalue weighted by Crippen LogP contribution is 2.09. The Kier molecular flexibility index (Phi) is 5.90. The van der Waals surface area contributed by atoms with Gasteiger partial charge < -0.3 is 10.1 Å². The van der Waals surface area contributed by atoms with E-state index in [0.717, 1.165) is 11.1 Å². The van der Waals surface area contributed by atoms with Crippen molar-refractivity contribution in [1.29, 1.82) is 0 Å². The number of pyridine rings is 1.